The Kier molecular flexibility index (Phi) is 12.9. The molecule has 2 aliphatic rings. The van der Waals surface area contributed by atoms with E-state index < -0.39 is 66.3 Å². The lowest BCUT2D eigenvalue weighted by molar-refractivity contribution is -0.268. The minimum atomic E-state index is -1.46. The maximum Gasteiger partial charge on any atom is 0.311 e. The fraction of sp³-hybridized carbons (Fsp3) is 0.967. The predicted molar refractivity (Wildman–Crippen MR) is 153 cm³/mol. The number of carbonyl (C=O) groups is 1. The number of likely N-dealkylation sites (N-methyl/N-ethyl adjacent to an activating group) is 2. The molecule has 0 amide bonds. The number of carbonyl (C=O) groups excluding carboxylic acids is 1. The molecular formula is C30H58N2O8. The van der Waals surface area contributed by atoms with Crippen LogP contribution in [0.3, 0.4) is 0 Å². The minimum Gasteiger partial charge on any atom is -0.462 e. The standard InChI is InChI=1S/C30H58N2O8/c1-12-23-17(3)25(33)20(6)32(11)15-16(2)14-30(8,37)28(35)18(4)27(19(5)29(36)39-23)40-24-13-22(31(9)10)26(34)21(7)38-24/h16-28,33-35,37H,12-15H2,1-11H3/t16-,17+,18+,19-,20-,21?,22?,23-,24?,25+,26?,27+,28-,30-/m1/s1. The summed E-state index contributed by atoms with van der Waals surface area (Å²) in [6.45, 7) is 15.3. The van der Waals surface area contributed by atoms with Crippen LogP contribution in [0.15, 0.2) is 0 Å². The third kappa shape index (κ3) is 8.37. The first-order valence-electron chi connectivity index (χ1n) is 15.1. The van der Waals surface area contributed by atoms with Crippen molar-refractivity contribution >= 4 is 5.97 Å². The number of esters is 1. The highest BCUT2D eigenvalue weighted by atomic mass is 16.7. The van der Waals surface area contributed by atoms with Crippen LogP contribution in [-0.2, 0) is 19.0 Å². The molecule has 4 unspecified atom stereocenters. The summed E-state index contributed by atoms with van der Waals surface area (Å²) < 4.78 is 18.5. The normalized spacial score (nSPS) is 47.4. The van der Waals surface area contributed by atoms with Crippen LogP contribution in [0.25, 0.3) is 0 Å². The molecule has 2 heterocycles. The van der Waals surface area contributed by atoms with Gasteiger partial charge < -0.3 is 44.4 Å². The van der Waals surface area contributed by atoms with Crippen molar-refractivity contribution in [3.63, 3.8) is 0 Å². The van der Waals surface area contributed by atoms with Crippen molar-refractivity contribution in [1.29, 1.82) is 0 Å². The molecule has 2 fully saturated rings. The van der Waals surface area contributed by atoms with Crippen molar-refractivity contribution in [2.75, 3.05) is 27.7 Å². The summed E-state index contributed by atoms with van der Waals surface area (Å²) in [5.41, 5.74) is -1.46. The van der Waals surface area contributed by atoms with Gasteiger partial charge in [0.1, 0.15) is 6.10 Å². The summed E-state index contributed by atoms with van der Waals surface area (Å²) in [5.74, 6) is -2.25. The molecule has 10 heteroatoms. The van der Waals surface area contributed by atoms with Crippen LogP contribution in [0.1, 0.15) is 74.7 Å². The molecule has 2 aliphatic heterocycles. The summed E-state index contributed by atoms with van der Waals surface area (Å²) in [6.07, 6.45) is -3.99. The molecule has 14 atom stereocenters. The van der Waals surface area contributed by atoms with E-state index in [0.29, 0.717) is 25.8 Å². The molecule has 0 aromatic carbocycles. The quantitative estimate of drug-likeness (QED) is 0.369. The van der Waals surface area contributed by atoms with E-state index in [9.17, 15) is 25.2 Å². The molecule has 4 N–H and O–H groups in total. The fourth-order valence-corrected chi connectivity index (χ4v) is 6.67. The van der Waals surface area contributed by atoms with Crippen LogP contribution in [-0.4, -0.2) is 124 Å². The van der Waals surface area contributed by atoms with E-state index in [0.717, 1.165) is 0 Å². The first-order chi connectivity index (χ1) is 18.4. The molecule has 0 saturated carbocycles. The Bertz CT molecular complexity index is 798. The zero-order valence-electron chi connectivity index (χ0n) is 26.7. The Morgan fingerprint density at radius 2 is 1.65 bits per heavy atom. The summed E-state index contributed by atoms with van der Waals surface area (Å²) in [5, 5.41) is 44.8. The van der Waals surface area contributed by atoms with Crippen LogP contribution in [0.5, 0.6) is 0 Å². The van der Waals surface area contributed by atoms with Gasteiger partial charge >= 0.3 is 5.97 Å². The van der Waals surface area contributed by atoms with Crippen molar-refractivity contribution in [3.8, 4) is 0 Å². The van der Waals surface area contributed by atoms with Gasteiger partial charge in [0.05, 0.1) is 42.0 Å². The first-order valence-corrected chi connectivity index (χ1v) is 15.1. The summed E-state index contributed by atoms with van der Waals surface area (Å²) in [4.78, 5) is 17.6. The number of hydrogen-bond donors (Lipinski definition) is 4. The number of rotatable bonds is 4. The van der Waals surface area contributed by atoms with Gasteiger partial charge in [-0.2, -0.15) is 0 Å². The third-order valence-corrected chi connectivity index (χ3v) is 9.51. The van der Waals surface area contributed by atoms with Crippen molar-refractivity contribution < 1.29 is 39.4 Å². The van der Waals surface area contributed by atoms with Crippen LogP contribution in [0.2, 0.25) is 0 Å². The average Bonchev–Trinajstić information content (AvgIpc) is 2.88. The second kappa shape index (κ2) is 14.6. The Morgan fingerprint density at radius 1 is 1.05 bits per heavy atom. The predicted octanol–water partition coefficient (Wildman–Crippen LogP) is 1.86. The Labute approximate surface area is 242 Å². The molecule has 0 spiro atoms. The van der Waals surface area contributed by atoms with Crippen LogP contribution in [0.4, 0.5) is 0 Å². The van der Waals surface area contributed by atoms with E-state index in [1.54, 1.807) is 27.7 Å². The van der Waals surface area contributed by atoms with E-state index in [1.165, 1.54) is 0 Å². The van der Waals surface area contributed by atoms with E-state index in [-0.39, 0.29) is 23.9 Å². The molecular weight excluding hydrogens is 516 g/mol. The number of hydrogen-bond acceptors (Lipinski definition) is 10. The largest absolute Gasteiger partial charge is 0.462 e. The van der Waals surface area contributed by atoms with Gasteiger partial charge in [0.25, 0.3) is 0 Å². The highest BCUT2D eigenvalue weighted by molar-refractivity contribution is 5.73. The number of aliphatic hydroxyl groups excluding tert-OH is 3. The Balaban J connectivity index is 2.47. The highest BCUT2D eigenvalue weighted by Crippen LogP contribution is 2.35. The zero-order valence-corrected chi connectivity index (χ0v) is 26.7. The molecule has 10 nitrogen and oxygen atoms in total. The zero-order chi connectivity index (χ0) is 30.7. The topological polar surface area (TPSA) is 132 Å². The molecule has 2 rings (SSSR count). The SMILES string of the molecule is CC[C@H]1OC(=O)[C@H](C)[C@@H](OC2CC(N(C)C)C(O)C(C)O2)[C@H](C)[C@@H](O)[C@](C)(O)C[C@@H](C)CN(C)[C@H](C)[C@@H](O)[C@H]1C. The lowest BCUT2D eigenvalue weighted by Gasteiger charge is -2.44. The number of cyclic esters (lactones) is 1. The third-order valence-electron chi connectivity index (χ3n) is 9.51. The lowest BCUT2D eigenvalue weighted by atomic mass is 9.78. The van der Waals surface area contributed by atoms with E-state index in [1.807, 2.05) is 53.7 Å². The fourth-order valence-electron chi connectivity index (χ4n) is 6.67. The van der Waals surface area contributed by atoms with Gasteiger partial charge in [-0.15, -0.1) is 0 Å². The van der Waals surface area contributed by atoms with Gasteiger partial charge in [-0.05, 0) is 67.6 Å². The molecule has 236 valence electrons. The van der Waals surface area contributed by atoms with Gasteiger partial charge in [-0.1, -0.05) is 27.7 Å². The van der Waals surface area contributed by atoms with E-state index in [4.69, 9.17) is 14.2 Å². The average molecular weight is 575 g/mol. The van der Waals surface area contributed by atoms with Crippen LogP contribution < -0.4 is 0 Å². The summed E-state index contributed by atoms with van der Waals surface area (Å²) >= 11 is 0. The van der Waals surface area contributed by atoms with Gasteiger partial charge in [-0.3, -0.25) is 4.79 Å². The van der Waals surface area contributed by atoms with Crippen molar-refractivity contribution in [1.82, 2.24) is 9.80 Å². The first kappa shape index (κ1) is 35.3. The maximum atomic E-state index is 13.6. The smallest absolute Gasteiger partial charge is 0.311 e. The number of nitrogens with zero attached hydrogens (tertiary/aromatic N) is 2. The van der Waals surface area contributed by atoms with Crippen molar-refractivity contribution in [2.24, 2.45) is 23.7 Å². The molecule has 0 aromatic heterocycles. The van der Waals surface area contributed by atoms with Gasteiger partial charge in [0.15, 0.2) is 6.29 Å². The highest BCUT2D eigenvalue weighted by Gasteiger charge is 2.46. The van der Waals surface area contributed by atoms with E-state index >= 15 is 0 Å². The second-order valence-electron chi connectivity index (χ2n) is 13.3. The van der Waals surface area contributed by atoms with Gasteiger partial charge in [0, 0.05) is 36.9 Å². The Morgan fingerprint density at radius 3 is 2.20 bits per heavy atom. The molecule has 0 aromatic rings. The molecule has 0 bridgehead atoms. The minimum absolute atomic E-state index is 0.0124. The van der Waals surface area contributed by atoms with E-state index in [2.05, 4.69) is 4.90 Å². The summed E-state index contributed by atoms with van der Waals surface area (Å²) in [6, 6.07) is -0.420. The molecule has 2 saturated heterocycles. The molecule has 40 heavy (non-hydrogen) atoms. The van der Waals surface area contributed by atoms with Crippen LogP contribution >= 0.6 is 0 Å². The van der Waals surface area contributed by atoms with Gasteiger partial charge in [-0.25, -0.2) is 0 Å². The second-order valence-corrected chi connectivity index (χ2v) is 13.3. The molecule has 0 radical (unpaired) electrons. The lowest BCUT2D eigenvalue weighted by Crippen LogP contribution is -2.56. The van der Waals surface area contributed by atoms with Gasteiger partial charge in [0.2, 0.25) is 0 Å². The summed E-state index contributed by atoms with van der Waals surface area (Å²) in [7, 11) is 5.71. The monoisotopic (exact) mass is 574 g/mol. The molecule has 0 aliphatic carbocycles. The number of ether oxygens (including phenoxy) is 3. The van der Waals surface area contributed by atoms with Crippen molar-refractivity contribution in [3.05, 3.63) is 0 Å². The number of aliphatic hydroxyl groups is 4. The van der Waals surface area contributed by atoms with Crippen LogP contribution in [0, 0.1) is 23.7 Å². The Hall–Kier alpha value is -0.850. The van der Waals surface area contributed by atoms with Crippen molar-refractivity contribution in [2.45, 2.75) is 135 Å². The maximum absolute atomic E-state index is 13.6.